The topological polar surface area (TPSA) is 118 Å². The molecule has 0 saturated carbocycles. The molecule has 0 saturated heterocycles. The lowest BCUT2D eigenvalue weighted by molar-refractivity contribution is -0.113. The summed E-state index contributed by atoms with van der Waals surface area (Å²) < 4.78 is 5.20. The van der Waals surface area contributed by atoms with Crippen LogP contribution in [0.25, 0.3) is 10.9 Å². The monoisotopic (exact) mass is 275 g/mol. The van der Waals surface area contributed by atoms with Gasteiger partial charge in [0.15, 0.2) is 11.6 Å². The van der Waals surface area contributed by atoms with Crippen LogP contribution in [0.15, 0.2) is 23.5 Å². The summed E-state index contributed by atoms with van der Waals surface area (Å²) in [5, 5.41) is 12.1. The van der Waals surface area contributed by atoms with E-state index in [1.165, 1.54) is 20.2 Å². The first-order valence-electron chi connectivity index (χ1n) is 5.72. The number of ketones is 2. The molecule has 0 aliphatic heterocycles. The van der Waals surface area contributed by atoms with E-state index in [1.807, 2.05) is 0 Å². The molecule has 0 unspecified atom stereocenters. The molecule has 0 fully saturated rings. The van der Waals surface area contributed by atoms with Crippen molar-refractivity contribution in [2.75, 3.05) is 7.11 Å². The molecule has 7 nitrogen and oxygen atoms in total. The van der Waals surface area contributed by atoms with Crippen molar-refractivity contribution in [2.45, 2.75) is 6.92 Å². The van der Waals surface area contributed by atoms with Gasteiger partial charge in [0, 0.05) is 18.7 Å². The molecule has 0 radical (unpaired) electrons. The summed E-state index contributed by atoms with van der Waals surface area (Å²) in [5.74, 6) is -0.907. The zero-order valence-corrected chi connectivity index (χ0v) is 10.9. The van der Waals surface area contributed by atoms with Crippen LogP contribution in [0.5, 0.6) is 5.75 Å². The number of carbonyl (C=O) groups is 2. The lowest BCUT2D eigenvalue weighted by atomic mass is 10.0. The number of Topliss-reactive ketones (excluding diaryl/α,β-unsaturated/α-hetero) is 2. The molecular weight excluding hydrogens is 262 g/mol. The fourth-order valence-electron chi connectivity index (χ4n) is 2.02. The van der Waals surface area contributed by atoms with E-state index in [0.717, 1.165) is 0 Å². The minimum Gasteiger partial charge on any atom is -0.496 e. The summed E-state index contributed by atoms with van der Waals surface area (Å²) in [4.78, 5) is 26.0. The van der Waals surface area contributed by atoms with Crippen molar-refractivity contribution in [3.63, 3.8) is 0 Å². The van der Waals surface area contributed by atoms with Crippen LogP contribution in [0.2, 0.25) is 0 Å². The Morgan fingerprint density at radius 1 is 1.35 bits per heavy atom. The van der Waals surface area contributed by atoms with Crippen LogP contribution in [-0.2, 0) is 4.79 Å². The van der Waals surface area contributed by atoms with E-state index in [2.05, 4.69) is 10.1 Å². The number of hydrogen-bond acceptors (Lipinski definition) is 5. The number of nitrogens with zero attached hydrogens (tertiary/aromatic N) is 1. The zero-order chi connectivity index (χ0) is 14.9. The van der Waals surface area contributed by atoms with Gasteiger partial charge in [-0.2, -0.15) is 0 Å². The SMILES string of the molecule is COc1ccc(/C(N)=N/O)c2[nH]cc(C(=O)C(C)=O)c12. The van der Waals surface area contributed by atoms with Crippen LogP contribution < -0.4 is 10.5 Å². The van der Waals surface area contributed by atoms with Gasteiger partial charge in [-0.3, -0.25) is 9.59 Å². The first-order valence-corrected chi connectivity index (χ1v) is 5.72. The Labute approximate surface area is 114 Å². The van der Waals surface area contributed by atoms with Crippen molar-refractivity contribution in [3.05, 3.63) is 29.5 Å². The lowest BCUT2D eigenvalue weighted by Gasteiger charge is -2.07. The van der Waals surface area contributed by atoms with Crippen LogP contribution in [0.1, 0.15) is 22.8 Å². The second kappa shape index (κ2) is 5.04. The molecule has 104 valence electrons. The number of hydrogen-bond donors (Lipinski definition) is 3. The molecule has 2 aromatic rings. The van der Waals surface area contributed by atoms with Gasteiger partial charge in [-0.15, -0.1) is 0 Å². The molecule has 1 aromatic heterocycles. The van der Waals surface area contributed by atoms with Gasteiger partial charge in [0.05, 0.1) is 23.6 Å². The molecule has 1 aromatic carbocycles. The first kappa shape index (κ1) is 13.6. The number of carbonyl (C=O) groups excluding carboxylic acids is 2. The van der Waals surface area contributed by atoms with Crippen LogP contribution in [0, 0.1) is 0 Å². The summed E-state index contributed by atoms with van der Waals surface area (Å²) >= 11 is 0. The molecule has 1 heterocycles. The van der Waals surface area contributed by atoms with E-state index in [0.29, 0.717) is 22.2 Å². The normalized spacial score (nSPS) is 11.6. The quantitative estimate of drug-likeness (QED) is 0.192. The number of amidine groups is 1. The van der Waals surface area contributed by atoms with Crippen LogP contribution in [0.3, 0.4) is 0 Å². The average Bonchev–Trinajstić information content (AvgIpc) is 2.89. The third-order valence-electron chi connectivity index (χ3n) is 2.97. The highest BCUT2D eigenvalue weighted by molar-refractivity contribution is 6.45. The van der Waals surface area contributed by atoms with Gasteiger partial charge in [0.2, 0.25) is 5.78 Å². The van der Waals surface area contributed by atoms with Crippen LogP contribution in [-0.4, -0.2) is 34.7 Å². The lowest BCUT2D eigenvalue weighted by Crippen LogP contribution is -2.14. The van der Waals surface area contributed by atoms with Crippen molar-refractivity contribution in [2.24, 2.45) is 10.9 Å². The fourth-order valence-corrected chi connectivity index (χ4v) is 2.02. The number of methoxy groups -OCH3 is 1. The Morgan fingerprint density at radius 3 is 2.60 bits per heavy atom. The maximum atomic E-state index is 11.9. The van der Waals surface area contributed by atoms with Gasteiger partial charge in [-0.1, -0.05) is 5.16 Å². The minimum absolute atomic E-state index is 0.110. The molecule has 4 N–H and O–H groups in total. The summed E-state index contributed by atoms with van der Waals surface area (Å²) in [6.07, 6.45) is 1.41. The zero-order valence-electron chi connectivity index (χ0n) is 10.9. The van der Waals surface area contributed by atoms with Crippen molar-refractivity contribution < 1.29 is 19.5 Å². The highest BCUT2D eigenvalue weighted by Crippen LogP contribution is 2.31. The second-order valence-electron chi connectivity index (χ2n) is 4.14. The first-order chi connectivity index (χ1) is 9.51. The minimum atomic E-state index is -0.633. The number of oxime groups is 1. The van der Waals surface area contributed by atoms with Crippen molar-refractivity contribution >= 4 is 28.3 Å². The summed E-state index contributed by atoms with van der Waals surface area (Å²) in [7, 11) is 1.45. The van der Waals surface area contributed by atoms with Crippen molar-refractivity contribution in [1.82, 2.24) is 4.98 Å². The number of rotatable bonds is 4. The third-order valence-corrected chi connectivity index (χ3v) is 2.97. The van der Waals surface area contributed by atoms with Crippen molar-refractivity contribution in [1.29, 1.82) is 0 Å². The number of H-pyrrole nitrogens is 1. The molecule has 7 heteroatoms. The van der Waals surface area contributed by atoms with Crippen LogP contribution >= 0.6 is 0 Å². The standard InChI is InChI=1S/C13H13N3O4/c1-6(17)12(18)8-5-15-11-7(13(14)16-19)3-4-9(20-2)10(8)11/h3-5,15,19H,1-2H3,(H2,14,16). The molecule has 0 amide bonds. The second-order valence-corrected chi connectivity index (χ2v) is 4.14. The number of aromatic amines is 1. The molecule has 0 spiro atoms. The van der Waals surface area contributed by atoms with Gasteiger partial charge >= 0.3 is 0 Å². The number of benzene rings is 1. The Kier molecular flexibility index (Phi) is 3.43. The number of ether oxygens (including phenoxy) is 1. The summed E-state index contributed by atoms with van der Waals surface area (Å²) in [6.45, 7) is 1.20. The van der Waals surface area contributed by atoms with E-state index >= 15 is 0 Å². The smallest absolute Gasteiger partial charge is 0.230 e. The molecule has 0 bridgehead atoms. The Bertz CT molecular complexity index is 731. The average molecular weight is 275 g/mol. The Balaban J connectivity index is 2.82. The number of fused-ring (bicyclic) bond motifs is 1. The number of aromatic nitrogens is 1. The number of nitrogens with one attached hydrogen (secondary N) is 1. The van der Waals surface area contributed by atoms with E-state index in [4.69, 9.17) is 15.7 Å². The summed E-state index contributed by atoms with van der Waals surface area (Å²) in [5.41, 5.74) is 6.65. The van der Waals surface area contributed by atoms with E-state index in [1.54, 1.807) is 12.1 Å². The van der Waals surface area contributed by atoms with Crippen LogP contribution in [0.4, 0.5) is 0 Å². The van der Waals surface area contributed by atoms with E-state index < -0.39 is 11.6 Å². The van der Waals surface area contributed by atoms with Gasteiger partial charge in [-0.25, -0.2) is 0 Å². The van der Waals surface area contributed by atoms with Gasteiger partial charge in [0.25, 0.3) is 0 Å². The highest BCUT2D eigenvalue weighted by Gasteiger charge is 2.21. The molecule has 0 aliphatic rings. The maximum Gasteiger partial charge on any atom is 0.230 e. The predicted octanol–water partition coefficient (Wildman–Crippen LogP) is 1.04. The Morgan fingerprint density at radius 2 is 2.05 bits per heavy atom. The largest absolute Gasteiger partial charge is 0.496 e. The molecular formula is C13H13N3O4. The third kappa shape index (κ3) is 1.99. The predicted molar refractivity (Wildman–Crippen MR) is 72.4 cm³/mol. The fraction of sp³-hybridized carbons (Fsp3) is 0.154. The Hall–Kier alpha value is -2.83. The molecule has 2 rings (SSSR count). The van der Waals surface area contributed by atoms with Crippen molar-refractivity contribution in [3.8, 4) is 5.75 Å². The summed E-state index contributed by atoms with van der Waals surface area (Å²) in [6, 6.07) is 3.18. The van der Waals surface area contributed by atoms with E-state index in [9.17, 15) is 9.59 Å². The molecule has 20 heavy (non-hydrogen) atoms. The highest BCUT2D eigenvalue weighted by atomic mass is 16.5. The van der Waals surface area contributed by atoms with Gasteiger partial charge in [-0.05, 0) is 12.1 Å². The van der Waals surface area contributed by atoms with Gasteiger partial charge < -0.3 is 20.7 Å². The maximum absolute atomic E-state index is 11.9. The molecule has 0 aliphatic carbocycles. The molecule has 0 atom stereocenters. The van der Waals surface area contributed by atoms with Gasteiger partial charge in [0.1, 0.15) is 5.75 Å². The number of nitrogens with two attached hydrogens (primary N) is 1. The van der Waals surface area contributed by atoms with E-state index in [-0.39, 0.29) is 11.4 Å².